The van der Waals surface area contributed by atoms with E-state index in [0.717, 1.165) is 31.1 Å². The van der Waals surface area contributed by atoms with Gasteiger partial charge < -0.3 is 19.7 Å². The molecular formula is C21H34N2O3. The second-order valence-electron chi connectivity index (χ2n) is 8.33. The Kier molecular flexibility index (Phi) is 7.91. The maximum absolute atomic E-state index is 12.2. The molecule has 1 N–H and O–H groups in total. The molecule has 0 bridgehead atoms. The van der Waals surface area contributed by atoms with Gasteiger partial charge in [0.1, 0.15) is 5.60 Å². The fourth-order valence-corrected chi connectivity index (χ4v) is 3.06. The van der Waals surface area contributed by atoms with Gasteiger partial charge in [0.05, 0.1) is 19.3 Å². The molecule has 1 saturated heterocycles. The number of amides is 1. The molecule has 1 aromatic carbocycles. The van der Waals surface area contributed by atoms with Crippen LogP contribution in [0.4, 0.5) is 4.79 Å². The van der Waals surface area contributed by atoms with Crippen molar-refractivity contribution in [1.82, 2.24) is 10.2 Å². The number of likely N-dealkylation sites (tertiary alicyclic amines) is 1. The number of carbonyl (C=O) groups excluding carboxylic acids is 1. The molecule has 0 aromatic heterocycles. The molecule has 0 unspecified atom stereocenters. The molecule has 26 heavy (non-hydrogen) atoms. The third kappa shape index (κ3) is 8.19. The third-order valence-electron chi connectivity index (χ3n) is 4.51. The van der Waals surface area contributed by atoms with E-state index < -0.39 is 5.60 Å². The van der Waals surface area contributed by atoms with Gasteiger partial charge in [-0.15, -0.1) is 0 Å². The predicted octanol–water partition coefficient (Wildman–Crippen LogP) is 3.83. The molecule has 1 fully saturated rings. The maximum Gasteiger partial charge on any atom is 0.407 e. The standard InChI is InChI=1S/C21H34N2O3/c1-17-10-12-23(13-11-17)14-19(22-20(24)26-21(2,3)4)16-25-15-18-8-6-5-7-9-18/h5-9,17,19H,10-16H2,1-4H3,(H,22,24)/t19-/m0/s1. The first-order valence-electron chi connectivity index (χ1n) is 9.65. The normalized spacial score (nSPS) is 17.7. The fraction of sp³-hybridized carbons (Fsp3) is 0.667. The lowest BCUT2D eigenvalue weighted by molar-refractivity contribution is 0.0376. The van der Waals surface area contributed by atoms with E-state index in [1.165, 1.54) is 12.8 Å². The first-order valence-corrected chi connectivity index (χ1v) is 9.65. The lowest BCUT2D eigenvalue weighted by atomic mass is 9.99. The van der Waals surface area contributed by atoms with Crippen LogP contribution < -0.4 is 5.32 Å². The summed E-state index contributed by atoms with van der Waals surface area (Å²) in [4.78, 5) is 14.6. The summed E-state index contributed by atoms with van der Waals surface area (Å²) in [6, 6.07) is 10.0. The topological polar surface area (TPSA) is 50.8 Å². The van der Waals surface area contributed by atoms with E-state index >= 15 is 0 Å². The Morgan fingerprint density at radius 3 is 2.50 bits per heavy atom. The van der Waals surface area contributed by atoms with Gasteiger partial charge in [0.2, 0.25) is 0 Å². The van der Waals surface area contributed by atoms with E-state index in [2.05, 4.69) is 17.1 Å². The van der Waals surface area contributed by atoms with Gasteiger partial charge in [-0.25, -0.2) is 4.79 Å². The van der Waals surface area contributed by atoms with Gasteiger partial charge >= 0.3 is 6.09 Å². The van der Waals surface area contributed by atoms with Crippen LogP contribution in [0.5, 0.6) is 0 Å². The summed E-state index contributed by atoms with van der Waals surface area (Å²) < 4.78 is 11.3. The maximum atomic E-state index is 12.2. The van der Waals surface area contributed by atoms with Crippen LogP contribution in [-0.4, -0.2) is 48.9 Å². The van der Waals surface area contributed by atoms with Crippen LogP contribution in [0.25, 0.3) is 0 Å². The third-order valence-corrected chi connectivity index (χ3v) is 4.51. The van der Waals surface area contributed by atoms with Gasteiger partial charge in [-0.05, 0) is 58.2 Å². The predicted molar refractivity (Wildman–Crippen MR) is 104 cm³/mol. The number of carbonyl (C=O) groups is 1. The minimum atomic E-state index is -0.500. The van der Waals surface area contributed by atoms with Gasteiger partial charge in [0.25, 0.3) is 0 Å². The molecular weight excluding hydrogens is 328 g/mol. The number of benzene rings is 1. The van der Waals surface area contributed by atoms with E-state index in [1.54, 1.807) is 0 Å². The highest BCUT2D eigenvalue weighted by molar-refractivity contribution is 5.68. The second kappa shape index (κ2) is 9.93. The molecule has 1 heterocycles. The van der Waals surface area contributed by atoms with Crippen LogP contribution in [0.3, 0.4) is 0 Å². The first-order chi connectivity index (χ1) is 12.3. The second-order valence-corrected chi connectivity index (χ2v) is 8.33. The van der Waals surface area contributed by atoms with Crippen molar-refractivity contribution in [2.75, 3.05) is 26.2 Å². The molecule has 0 radical (unpaired) electrons. The van der Waals surface area contributed by atoms with Crippen molar-refractivity contribution >= 4 is 6.09 Å². The van der Waals surface area contributed by atoms with Gasteiger partial charge in [-0.1, -0.05) is 37.3 Å². The van der Waals surface area contributed by atoms with Crippen molar-refractivity contribution in [1.29, 1.82) is 0 Å². The number of ether oxygens (including phenoxy) is 2. The number of piperidine rings is 1. The highest BCUT2D eigenvalue weighted by atomic mass is 16.6. The summed E-state index contributed by atoms with van der Waals surface area (Å²) in [5, 5.41) is 2.99. The summed E-state index contributed by atoms with van der Waals surface area (Å²) in [6.07, 6.45) is 2.05. The summed E-state index contributed by atoms with van der Waals surface area (Å²) in [5.41, 5.74) is 0.635. The monoisotopic (exact) mass is 362 g/mol. The van der Waals surface area contributed by atoms with E-state index in [9.17, 15) is 4.79 Å². The summed E-state index contributed by atoms with van der Waals surface area (Å²) in [7, 11) is 0. The number of rotatable bonds is 7. The Morgan fingerprint density at radius 2 is 1.88 bits per heavy atom. The van der Waals surface area contributed by atoms with Crippen molar-refractivity contribution in [3.8, 4) is 0 Å². The van der Waals surface area contributed by atoms with Crippen molar-refractivity contribution in [3.63, 3.8) is 0 Å². The fourth-order valence-electron chi connectivity index (χ4n) is 3.06. The Hall–Kier alpha value is -1.59. The Bertz CT molecular complexity index is 534. The SMILES string of the molecule is CC1CCN(C[C@@H](COCc2ccccc2)NC(=O)OC(C)(C)C)CC1. The molecule has 1 atom stereocenters. The van der Waals surface area contributed by atoms with Gasteiger partial charge in [-0.2, -0.15) is 0 Å². The molecule has 0 saturated carbocycles. The van der Waals surface area contributed by atoms with E-state index in [-0.39, 0.29) is 12.1 Å². The minimum absolute atomic E-state index is 0.0815. The van der Waals surface area contributed by atoms with Crippen molar-refractivity contribution in [3.05, 3.63) is 35.9 Å². The smallest absolute Gasteiger partial charge is 0.407 e. The van der Waals surface area contributed by atoms with E-state index in [4.69, 9.17) is 9.47 Å². The highest BCUT2D eigenvalue weighted by Crippen LogP contribution is 2.16. The Balaban J connectivity index is 1.86. The lowest BCUT2D eigenvalue weighted by Crippen LogP contribution is -2.49. The quantitative estimate of drug-likeness (QED) is 0.801. The first kappa shape index (κ1) is 20.7. The number of hydrogen-bond acceptors (Lipinski definition) is 4. The minimum Gasteiger partial charge on any atom is -0.444 e. The zero-order valence-electron chi connectivity index (χ0n) is 16.7. The van der Waals surface area contributed by atoms with Crippen LogP contribution in [-0.2, 0) is 16.1 Å². The molecule has 5 heteroatoms. The number of hydrogen-bond donors (Lipinski definition) is 1. The summed E-state index contributed by atoms with van der Waals surface area (Å²) in [6.45, 7) is 11.9. The van der Waals surface area contributed by atoms with Crippen molar-refractivity contribution in [2.24, 2.45) is 5.92 Å². The number of nitrogens with zero attached hydrogens (tertiary/aromatic N) is 1. The summed E-state index contributed by atoms with van der Waals surface area (Å²) >= 11 is 0. The molecule has 1 amide bonds. The zero-order valence-corrected chi connectivity index (χ0v) is 16.7. The molecule has 0 aliphatic carbocycles. The summed E-state index contributed by atoms with van der Waals surface area (Å²) in [5.74, 6) is 0.790. The van der Waals surface area contributed by atoms with Crippen LogP contribution >= 0.6 is 0 Å². The van der Waals surface area contributed by atoms with E-state index in [0.29, 0.717) is 13.2 Å². The molecule has 2 rings (SSSR count). The van der Waals surface area contributed by atoms with Crippen molar-refractivity contribution in [2.45, 2.75) is 58.8 Å². The lowest BCUT2D eigenvalue weighted by Gasteiger charge is -2.33. The van der Waals surface area contributed by atoms with Crippen LogP contribution in [0, 0.1) is 5.92 Å². The van der Waals surface area contributed by atoms with E-state index in [1.807, 2.05) is 51.1 Å². The molecule has 1 aromatic rings. The Labute approximate surface area is 158 Å². The van der Waals surface area contributed by atoms with Gasteiger partial charge in [0, 0.05) is 6.54 Å². The Morgan fingerprint density at radius 1 is 1.23 bits per heavy atom. The molecule has 5 nitrogen and oxygen atoms in total. The van der Waals surface area contributed by atoms with Crippen LogP contribution in [0.2, 0.25) is 0 Å². The largest absolute Gasteiger partial charge is 0.444 e. The van der Waals surface area contributed by atoms with Gasteiger partial charge in [-0.3, -0.25) is 0 Å². The molecule has 1 aliphatic rings. The highest BCUT2D eigenvalue weighted by Gasteiger charge is 2.23. The number of alkyl carbamates (subject to hydrolysis) is 1. The average Bonchev–Trinajstić information content (AvgIpc) is 2.56. The molecule has 146 valence electrons. The molecule has 0 spiro atoms. The van der Waals surface area contributed by atoms with Crippen molar-refractivity contribution < 1.29 is 14.3 Å². The average molecular weight is 363 g/mol. The van der Waals surface area contributed by atoms with Crippen LogP contribution in [0.15, 0.2) is 30.3 Å². The zero-order chi connectivity index (χ0) is 19.0. The molecule has 1 aliphatic heterocycles. The van der Waals surface area contributed by atoms with Crippen LogP contribution in [0.1, 0.15) is 46.1 Å². The van der Waals surface area contributed by atoms with Gasteiger partial charge in [0.15, 0.2) is 0 Å². The number of nitrogens with one attached hydrogen (secondary N) is 1.